The van der Waals surface area contributed by atoms with Crippen molar-refractivity contribution in [2.45, 2.75) is 69.4 Å². The number of hydrogen-bond donors (Lipinski definition) is 3. The van der Waals surface area contributed by atoms with Gasteiger partial charge in [-0.3, -0.25) is 9.59 Å². The van der Waals surface area contributed by atoms with Crippen LogP contribution in [0.3, 0.4) is 0 Å². The number of fused-ring (bicyclic) bond motifs is 1. The topological polar surface area (TPSA) is 90.1 Å². The van der Waals surface area contributed by atoms with Crippen molar-refractivity contribution < 1.29 is 18.4 Å². The molecule has 2 aromatic heterocycles. The van der Waals surface area contributed by atoms with Crippen LogP contribution in [0.4, 0.5) is 14.6 Å². The van der Waals surface area contributed by atoms with Crippen LogP contribution in [0.1, 0.15) is 73.2 Å². The van der Waals surface area contributed by atoms with Gasteiger partial charge in [0.2, 0.25) is 5.91 Å². The van der Waals surface area contributed by atoms with Crippen LogP contribution in [0.2, 0.25) is 0 Å². The van der Waals surface area contributed by atoms with Crippen molar-refractivity contribution in [2.24, 2.45) is 5.92 Å². The third kappa shape index (κ3) is 5.43. The van der Waals surface area contributed by atoms with E-state index in [9.17, 15) is 18.4 Å². The maximum atomic E-state index is 13.5. The number of piperidine rings is 1. The molecule has 9 heteroatoms. The molecule has 1 aromatic carbocycles. The molecule has 0 radical (unpaired) electrons. The summed E-state index contributed by atoms with van der Waals surface area (Å²) in [4.78, 5) is 34.5. The highest BCUT2D eigenvalue weighted by atomic mass is 19.1. The molecule has 3 aliphatic rings. The molecular formula is C29H33F2N5O2. The number of amides is 2. The number of pyridine rings is 1. The number of nitrogens with one attached hydrogen (secondary N) is 3. The number of carbonyl (C=O) groups excluding carboxylic acids is 2. The van der Waals surface area contributed by atoms with Crippen molar-refractivity contribution in [2.75, 3.05) is 18.4 Å². The standard InChI is InChI=1S/C29H33F2N5O2/c30-20-13-19(14-21(31)15-20)29(38)36-11-8-23(9-12-36)33-22-5-3-17(4-6-22)25-16-26(35-28(37)18-1-2-18)34-27-24(25)7-10-32-27/h7,10,13-18,22-23,33H,1-6,8-9,11-12H2,(H2,32,34,35,37). The summed E-state index contributed by atoms with van der Waals surface area (Å²) in [6.07, 6.45) is 9.70. The second kappa shape index (κ2) is 10.4. The third-order valence-corrected chi connectivity index (χ3v) is 8.29. The zero-order valence-electron chi connectivity index (χ0n) is 21.3. The van der Waals surface area contributed by atoms with Crippen LogP contribution in [-0.2, 0) is 4.79 Å². The first-order chi connectivity index (χ1) is 18.4. The van der Waals surface area contributed by atoms with Gasteiger partial charge in [0.25, 0.3) is 5.91 Å². The van der Waals surface area contributed by atoms with Gasteiger partial charge in [0.15, 0.2) is 0 Å². The fourth-order valence-corrected chi connectivity index (χ4v) is 6.05. The molecular weight excluding hydrogens is 488 g/mol. The van der Waals surface area contributed by atoms with Gasteiger partial charge in [-0.2, -0.15) is 0 Å². The van der Waals surface area contributed by atoms with E-state index in [1.165, 1.54) is 5.56 Å². The van der Waals surface area contributed by atoms with Gasteiger partial charge >= 0.3 is 0 Å². The van der Waals surface area contributed by atoms with Crippen LogP contribution < -0.4 is 10.6 Å². The van der Waals surface area contributed by atoms with Crippen molar-refractivity contribution in [1.82, 2.24) is 20.2 Å². The lowest BCUT2D eigenvalue weighted by atomic mass is 9.80. The number of likely N-dealkylation sites (tertiary alicyclic amines) is 1. The quantitative estimate of drug-likeness (QED) is 0.421. The lowest BCUT2D eigenvalue weighted by molar-refractivity contribution is -0.117. The Bertz CT molecular complexity index is 1320. The van der Waals surface area contributed by atoms with E-state index in [2.05, 4.69) is 32.7 Å². The number of anilines is 1. The van der Waals surface area contributed by atoms with E-state index >= 15 is 0 Å². The van der Waals surface area contributed by atoms with E-state index < -0.39 is 11.6 Å². The normalized spacial score (nSPS) is 22.5. The highest BCUT2D eigenvalue weighted by molar-refractivity contribution is 5.95. The molecule has 0 atom stereocenters. The minimum atomic E-state index is -0.733. The van der Waals surface area contributed by atoms with Crippen molar-refractivity contribution in [3.63, 3.8) is 0 Å². The average molecular weight is 522 g/mol. The van der Waals surface area contributed by atoms with Crippen molar-refractivity contribution in [3.8, 4) is 0 Å². The zero-order chi connectivity index (χ0) is 26.2. The van der Waals surface area contributed by atoms with E-state index in [-0.39, 0.29) is 23.3 Å². The summed E-state index contributed by atoms with van der Waals surface area (Å²) in [5.41, 5.74) is 2.13. The molecule has 1 aliphatic heterocycles. The number of aromatic nitrogens is 2. The van der Waals surface area contributed by atoms with Gasteiger partial charge in [0.1, 0.15) is 23.1 Å². The molecule has 3 heterocycles. The Morgan fingerprint density at radius 2 is 1.58 bits per heavy atom. The molecule has 6 rings (SSSR count). The van der Waals surface area contributed by atoms with Crippen LogP contribution in [0.25, 0.3) is 11.0 Å². The predicted molar refractivity (Wildman–Crippen MR) is 141 cm³/mol. The first-order valence-electron chi connectivity index (χ1n) is 13.7. The molecule has 200 valence electrons. The first-order valence-corrected chi connectivity index (χ1v) is 13.7. The smallest absolute Gasteiger partial charge is 0.254 e. The molecule has 1 saturated heterocycles. The van der Waals surface area contributed by atoms with E-state index in [0.717, 1.165) is 80.6 Å². The minimum Gasteiger partial charge on any atom is -0.346 e. The van der Waals surface area contributed by atoms with Crippen molar-refractivity contribution >= 4 is 28.7 Å². The van der Waals surface area contributed by atoms with Gasteiger partial charge in [0.05, 0.1) is 0 Å². The van der Waals surface area contributed by atoms with E-state index in [0.29, 0.717) is 36.9 Å². The van der Waals surface area contributed by atoms with Gasteiger partial charge in [-0.15, -0.1) is 0 Å². The maximum Gasteiger partial charge on any atom is 0.254 e. The Balaban J connectivity index is 1.02. The molecule has 0 spiro atoms. The van der Waals surface area contributed by atoms with Crippen LogP contribution in [-0.4, -0.2) is 51.9 Å². The van der Waals surface area contributed by atoms with Crippen molar-refractivity contribution in [1.29, 1.82) is 0 Å². The summed E-state index contributed by atoms with van der Waals surface area (Å²) in [7, 11) is 0. The van der Waals surface area contributed by atoms with E-state index in [4.69, 9.17) is 0 Å². The van der Waals surface area contributed by atoms with Crippen LogP contribution in [0.5, 0.6) is 0 Å². The molecule has 3 fully saturated rings. The number of halogens is 2. The number of hydrogen-bond acceptors (Lipinski definition) is 4. The summed E-state index contributed by atoms with van der Waals surface area (Å²) in [5.74, 6) is -0.532. The number of aromatic amines is 1. The molecule has 38 heavy (non-hydrogen) atoms. The molecule has 2 amide bonds. The third-order valence-electron chi connectivity index (χ3n) is 8.29. The Morgan fingerprint density at radius 3 is 2.26 bits per heavy atom. The van der Waals surface area contributed by atoms with Gasteiger partial charge in [0, 0.05) is 54.3 Å². The number of rotatable bonds is 6. The number of nitrogens with zero attached hydrogens (tertiary/aromatic N) is 2. The fourth-order valence-electron chi connectivity index (χ4n) is 6.05. The van der Waals surface area contributed by atoms with Crippen LogP contribution in [0, 0.1) is 17.6 Å². The second-order valence-electron chi connectivity index (χ2n) is 11.0. The molecule has 7 nitrogen and oxygen atoms in total. The number of carbonyl (C=O) groups is 2. The SMILES string of the molecule is O=C(Nc1cc(C2CCC(NC3CCN(C(=O)c4cc(F)cc(F)c4)CC3)CC2)c2cc[nH]c2n1)C1CC1. The van der Waals surface area contributed by atoms with E-state index in [1.807, 2.05) is 6.20 Å². The molecule has 2 saturated carbocycles. The molecule has 2 aliphatic carbocycles. The monoisotopic (exact) mass is 521 g/mol. The van der Waals surface area contributed by atoms with Gasteiger partial charge in [-0.05, 0) is 87.1 Å². The lowest BCUT2D eigenvalue weighted by Gasteiger charge is -2.37. The minimum absolute atomic E-state index is 0.0649. The Kier molecular flexibility index (Phi) is 6.86. The summed E-state index contributed by atoms with van der Waals surface area (Å²) in [6.45, 7) is 1.14. The Hall–Kier alpha value is -3.33. The van der Waals surface area contributed by atoms with Crippen molar-refractivity contribution in [3.05, 3.63) is 59.3 Å². The Labute approximate surface area is 220 Å². The van der Waals surface area contributed by atoms with E-state index in [1.54, 1.807) is 4.90 Å². The zero-order valence-corrected chi connectivity index (χ0v) is 21.3. The average Bonchev–Trinajstić information content (AvgIpc) is 3.66. The molecule has 3 N–H and O–H groups in total. The van der Waals surface area contributed by atoms with Gasteiger partial charge in [-0.25, -0.2) is 13.8 Å². The number of benzene rings is 1. The van der Waals surface area contributed by atoms with Gasteiger partial charge in [-0.1, -0.05) is 0 Å². The lowest BCUT2D eigenvalue weighted by Crippen LogP contribution is -2.48. The molecule has 3 aromatic rings. The van der Waals surface area contributed by atoms with Crippen LogP contribution in [0.15, 0.2) is 36.5 Å². The summed E-state index contributed by atoms with van der Waals surface area (Å²) in [6, 6.07) is 7.86. The fraction of sp³-hybridized carbons (Fsp3) is 0.483. The summed E-state index contributed by atoms with van der Waals surface area (Å²) < 4.78 is 27.1. The first kappa shape index (κ1) is 25.0. The van der Waals surface area contributed by atoms with Crippen LogP contribution >= 0.6 is 0 Å². The summed E-state index contributed by atoms with van der Waals surface area (Å²) >= 11 is 0. The largest absolute Gasteiger partial charge is 0.346 e. The predicted octanol–water partition coefficient (Wildman–Crippen LogP) is 5.11. The summed E-state index contributed by atoms with van der Waals surface area (Å²) in [5, 5.41) is 7.94. The molecule has 0 unspecified atom stereocenters. The highest BCUT2D eigenvalue weighted by Gasteiger charge is 2.31. The van der Waals surface area contributed by atoms with Gasteiger partial charge < -0.3 is 20.5 Å². The Morgan fingerprint density at radius 1 is 0.895 bits per heavy atom. The highest BCUT2D eigenvalue weighted by Crippen LogP contribution is 2.38. The number of H-pyrrole nitrogens is 1. The molecule has 0 bridgehead atoms. The maximum absolute atomic E-state index is 13.5. The second-order valence-corrected chi connectivity index (χ2v) is 11.0.